The van der Waals surface area contributed by atoms with Gasteiger partial charge in [0, 0.05) is 19.2 Å². The van der Waals surface area contributed by atoms with Gasteiger partial charge in [0.05, 0.1) is 0 Å². The molecule has 0 saturated carbocycles. The zero-order valence-corrected chi connectivity index (χ0v) is 34.6. The highest BCUT2D eigenvalue weighted by atomic mass is 32.1. The summed E-state index contributed by atoms with van der Waals surface area (Å²) >= 11 is 4.04. The van der Waals surface area contributed by atoms with Gasteiger partial charge in [0.15, 0.2) is 0 Å². The topological polar surface area (TPSA) is 0 Å². The number of benzene rings is 4. The lowest BCUT2D eigenvalue weighted by Crippen LogP contribution is -1.84. The maximum Gasteiger partial charge on any atom is 0.0352 e. The van der Waals surface area contributed by atoms with E-state index in [1.54, 1.807) is 9.75 Å². The Kier molecular flexibility index (Phi) is 16.2. The van der Waals surface area contributed by atoms with Crippen LogP contribution in [0.5, 0.6) is 0 Å². The van der Waals surface area contributed by atoms with Crippen molar-refractivity contribution < 1.29 is 0 Å². The first-order chi connectivity index (χ1) is 25.7. The Hall–Kier alpha value is -2.42. The number of hydrogen-bond acceptors (Lipinski definition) is 2. The van der Waals surface area contributed by atoms with Gasteiger partial charge in [-0.25, -0.2) is 0 Å². The van der Waals surface area contributed by atoms with Crippen molar-refractivity contribution in [1.82, 2.24) is 0 Å². The highest BCUT2D eigenvalue weighted by Gasteiger charge is 2.11. The molecule has 0 amide bonds. The Morgan fingerprint density at radius 1 is 0.308 bits per heavy atom. The molecule has 0 spiro atoms. The maximum atomic E-state index is 2.49. The second-order valence-corrected chi connectivity index (χ2v) is 18.5. The van der Waals surface area contributed by atoms with Crippen LogP contribution < -0.4 is 0 Å². The molecule has 0 atom stereocenters. The van der Waals surface area contributed by atoms with Crippen LogP contribution in [-0.2, 0) is 12.8 Å². The lowest BCUT2D eigenvalue weighted by Gasteiger charge is -2.08. The summed E-state index contributed by atoms with van der Waals surface area (Å²) in [5.74, 6) is 0. The molecule has 0 bridgehead atoms. The van der Waals surface area contributed by atoms with E-state index in [1.165, 1.54) is 219 Å². The predicted molar refractivity (Wildman–Crippen MR) is 239 cm³/mol. The maximum absolute atomic E-state index is 2.49. The first kappa shape index (κ1) is 39.3. The average Bonchev–Trinajstić information content (AvgIpc) is 3.75. The van der Waals surface area contributed by atoms with Crippen LogP contribution in [0.3, 0.4) is 0 Å². The molecule has 0 unspecified atom stereocenters. The Labute approximate surface area is 324 Å². The second kappa shape index (κ2) is 21.5. The zero-order valence-electron chi connectivity index (χ0n) is 33.0. The van der Waals surface area contributed by atoms with E-state index >= 15 is 0 Å². The lowest BCUT2D eigenvalue weighted by molar-refractivity contribution is 0.544. The normalized spacial score (nSPS) is 12.1. The van der Waals surface area contributed by atoms with E-state index in [4.69, 9.17) is 0 Å². The quantitative estimate of drug-likeness (QED) is 0.0385. The minimum Gasteiger partial charge on any atom is -0.140 e. The lowest BCUT2D eigenvalue weighted by atomic mass is 9.96. The van der Waals surface area contributed by atoms with Gasteiger partial charge in [-0.2, -0.15) is 0 Å². The minimum absolute atomic E-state index is 1.23. The van der Waals surface area contributed by atoms with E-state index in [1.807, 2.05) is 22.7 Å². The van der Waals surface area contributed by atoms with Gasteiger partial charge in [-0.05, 0) is 105 Å². The van der Waals surface area contributed by atoms with Gasteiger partial charge >= 0.3 is 0 Å². The summed E-state index contributed by atoms with van der Waals surface area (Å²) in [6, 6.07) is 24.4. The van der Waals surface area contributed by atoms with Gasteiger partial charge in [-0.1, -0.05) is 179 Å². The molecule has 0 fully saturated rings. The second-order valence-electron chi connectivity index (χ2n) is 16.2. The first-order valence-corrected chi connectivity index (χ1v) is 23.6. The Bertz CT molecular complexity index is 1800. The molecule has 0 radical (unpaired) electrons. The number of hydrogen-bond donors (Lipinski definition) is 0. The summed E-state index contributed by atoms with van der Waals surface area (Å²) in [6.45, 7) is 4.61. The molecule has 2 aromatic heterocycles. The molecular weight excluding hydrogens is 665 g/mol. The third kappa shape index (κ3) is 11.3. The van der Waals surface area contributed by atoms with Crippen LogP contribution in [-0.4, -0.2) is 0 Å². The van der Waals surface area contributed by atoms with E-state index in [0.29, 0.717) is 0 Å². The molecule has 0 aliphatic heterocycles. The van der Waals surface area contributed by atoms with Gasteiger partial charge in [0.2, 0.25) is 0 Å². The molecule has 2 heterocycles. The smallest absolute Gasteiger partial charge is 0.0352 e. The van der Waals surface area contributed by atoms with Crippen LogP contribution in [0.4, 0.5) is 0 Å². The van der Waals surface area contributed by atoms with Crippen molar-refractivity contribution in [2.75, 3.05) is 0 Å². The third-order valence-corrected chi connectivity index (χ3v) is 14.1. The van der Waals surface area contributed by atoms with Gasteiger partial charge in [-0.3, -0.25) is 0 Å². The van der Waals surface area contributed by atoms with Crippen molar-refractivity contribution in [2.45, 2.75) is 181 Å². The number of aryl methyl sites for hydroxylation is 2. The van der Waals surface area contributed by atoms with E-state index in [0.717, 1.165) is 0 Å². The monoisotopic (exact) mass is 732 g/mol. The van der Waals surface area contributed by atoms with Crippen LogP contribution >= 0.6 is 22.7 Å². The summed E-state index contributed by atoms with van der Waals surface area (Å²) in [5.41, 5.74) is 0. The average molecular weight is 733 g/mol. The molecule has 0 aliphatic rings. The van der Waals surface area contributed by atoms with Gasteiger partial charge in [0.25, 0.3) is 0 Å². The van der Waals surface area contributed by atoms with Crippen molar-refractivity contribution in [2.24, 2.45) is 0 Å². The van der Waals surface area contributed by atoms with E-state index in [9.17, 15) is 0 Å². The molecule has 6 aromatic rings. The highest BCUT2D eigenvalue weighted by Crippen LogP contribution is 2.39. The fourth-order valence-corrected chi connectivity index (χ4v) is 10.9. The number of unbranched alkanes of at least 4 members (excludes halogenated alkanes) is 22. The summed E-state index contributed by atoms with van der Waals surface area (Å²) in [5, 5.41) is 11.2. The summed E-state index contributed by atoms with van der Waals surface area (Å²) in [7, 11) is 0. The fraction of sp³-hybridized carbons (Fsp3) is 0.560. The molecule has 2 heteroatoms. The summed E-state index contributed by atoms with van der Waals surface area (Å²) in [4.78, 5) is 3.12. The number of fused-ring (bicyclic) bond motifs is 7. The molecule has 0 aliphatic carbocycles. The summed E-state index contributed by atoms with van der Waals surface area (Å²) < 4.78 is 2.89. The minimum atomic E-state index is 1.23. The van der Waals surface area contributed by atoms with Crippen LogP contribution in [0.2, 0.25) is 0 Å². The molecule has 280 valence electrons. The molecular formula is C50H68S2. The molecule has 0 nitrogen and oxygen atoms in total. The van der Waals surface area contributed by atoms with Crippen LogP contribution in [0.25, 0.3) is 52.5 Å². The largest absolute Gasteiger partial charge is 0.140 e. The SMILES string of the molecule is CCCCCCCCCCCCCCc1cc2cc3c(ccc4c5cc6cc(CCCCCCCCCCCCCC)sc6cc5ccc34)cc2s1. The molecule has 0 N–H and O–H groups in total. The van der Waals surface area contributed by atoms with Gasteiger partial charge in [0.1, 0.15) is 0 Å². The van der Waals surface area contributed by atoms with Crippen LogP contribution in [0.15, 0.2) is 60.7 Å². The Balaban J connectivity index is 0.997. The predicted octanol–water partition coefficient (Wildman–Crippen LogP) is 18.1. The van der Waals surface area contributed by atoms with Crippen LogP contribution in [0, 0.1) is 0 Å². The van der Waals surface area contributed by atoms with Gasteiger partial charge in [-0.15, -0.1) is 22.7 Å². The van der Waals surface area contributed by atoms with Crippen molar-refractivity contribution in [3.8, 4) is 0 Å². The van der Waals surface area contributed by atoms with Crippen molar-refractivity contribution >= 4 is 75.2 Å². The fourth-order valence-electron chi connectivity index (χ4n) is 8.58. The molecule has 52 heavy (non-hydrogen) atoms. The molecule has 0 saturated heterocycles. The highest BCUT2D eigenvalue weighted by molar-refractivity contribution is 7.19. The first-order valence-electron chi connectivity index (χ1n) is 22.0. The molecule has 6 rings (SSSR count). The van der Waals surface area contributed by atoms with E-state index < -0.39 is 0 Å². The number of thiophene rings is 2. The van der Waals surface area contributed by atoms with Crippen molar-refractivity contribution in [3.05, 3.63) is 70.4 Å². The van der Waals surface area contributed by atoms with Crippen molar-refractivity contribution in [3.63, 3.8) is 0 Å². The van der Waals surface area contributed by atoms with Crippen molar-refractivity contribution in [1.29, 1.82) is 0 Å². The Morgan fingerprint density at radius 2 is 0.635 bits per heavy atom. The van der Waals surface area contributed by atoms with E-state index in [2.05, 4.69) is 74.5 Å². The standard InChI is InChI=1S/C50H68S2/c1-3-5-7-9-11-13-15-17-19-21-23-25-27-43-33-41-35-47-39(37-49(41)51-43)29-31-46-45(47)32-30-40-38-50-42(36-48(40)46)34-44(52-50)28-26-24-22-20-18-16-14-12-10-8-6-4-2/h29-38H,3-28H2,1-2H3. The summed E-state index contributed by atoms with van der Waals surface area (Å²) in [6.07, 6.45) is 36.4. The third-order valence-electron chi connectivity index (χ3n) is 11.8. The number of rotatable bonds is 26. The van der Waals surface area contributed by atoms with Crippen LogP contribution in [0.1, 0.15) is 178 Å². The Morgan fingerprint density at radius 3 is 0.981 bits per heavy atom. The zero-order chi connectivity index (χ0) is 35.8. The van der Waals surface area contributed by atoms with Gasteiger partial charge < -0.3 is 0 Å². The van der Waals surface area contributed by atoms with E-state index in [-0.39, 0.29) is 0 Å². The molecule has 4 aromatic carbocycles.